The number of carbonyl (C=O) groups is 2. The Morgan fingerprint density at radius 3 is 2.38 bits per heavy atom. The van der Waals surface area contributed by atoms with Crippen LogP contribution in [0.4, 0.5) is 11.4 Å². The van der Waals surface area contributed by atoms with Gasteiger partial charge in [0.2, 0.25) is 11.8 Å². The largest absolute Gasteiger partial charge is 0.330 e. The van der Waals surface area contributed by atoms with E-state index in [-0.39, 0.29) is 17.7 Å². The summed E-state index contributed by atoms with van der Waals surface area (Å²) in [6.45, 7) is 6.25. The molecular formula is C16H25N3O2. The van der Waals surface area contributed by atoms with Crippen LogP contribution in [0.1, 0.15) is 38.7 Å². The van der Waals surface area contributed by atoms with Crippen molar-refractivity contribution >= 4 is 23.2 Å². The van der Waals surface area contributed by atoms with Gasteiger partial charge in [0, 0.05) is 30.3 Å². The monoisotopic (exact) mass is 291 g/mol. The number of amides is 2. The number of benzene rings is 1. The number of aryl methyl sites for hydroxylation is 1. The lowest BCUT2D eigenvalue weighted by atomic mass is 10.0. The molecule has 1 rings (SSSR count). The zero-order valence-electron chi connectivity index (χ0n) is 13.0. The number of hydrogen-bond acceptors (Lipinski definition) is 3. The first-order chi connectivity index (χ1) is 10.0. The van der Waals surface area contributed by atoms with Gasteiger partial charge in [0.1, 0.15) is 0 Å². The van der Waals surface area contributed by atoms with E-state index in [9.17, 15) is 9.59 Å². The van der Waals surface area contributed by atoms with Crippen molar-refractivity contribution < 1.29 is 9.59 Å². The maximum atomic E-state index is 12.1. The molecule has 0 heterocycles. The number of rotatable bonds is 7. The third kappa shape index (κ3) is 5.19. The zero-order valence-corrected chi connectivity index (χ0v) is 13.0. The third-order valence-corrected chi connectivity index (χ3v) is 3.50. The molecule has 21 heavy (non-hydrogen) atoms. The molecule has 5 heteroatoms. The second-order valence-corrected chi connectivity index (χ2v) is 5.12. The average Bonchev–Trinajstić information content (AvgIpc) is 2.43. The summed E-state index contributed by atoms with van der Waals surface area (Å²) in [6.07, 6.45) is 1.95. The standard InChI is InChI=1S/C16H25N3O2/c1-4-12(5-2)16(21)19-14-7-6-13(10-11(14)3)18-15(20)8-9-17/h6-7,10,12H,4-5,8-9,17H2,1-3H3,(H,18,20)(H,19,21). The minimum absolute atomic E-state index is 0.0355. The van der Waals surface area contributed by atoms with E-state index < -0.39 is 0 Å². The fraction of sp³-hybridized carbons (Fsp3) is 0.500. The number of carbonyl (C=O) groups excluding carboxylic acids is 2. The molecule has 0 saturated heterocycles. The average molecular weight is 291 g/mol. The van der Waals surface area contributed by atoms with Gasteiger partial charge in [-0.3, -0.25) is 9.59 Å². The van der Waals surface area contributed by atoms with Gasteiger partial charge in [0.25, 0.3) is 0 Å². The van der Waals surface area contributed by atoms with Gasteiger partial charge in [-0.05, 0) is 43.5 Å². The van der Waals surface area contributed by atoms with Gasteiger partial charge in [-0.15, -0.1) is 0 Å². The highest BCUT2D eigenvalue weighted by atomic mass is 16.2. The van der Waals surface area contributed by atoms with Crippen molar-refractivity contribution in [3.63, 3.8) is 0 Å². The molecule has 0 aliphatic carbocycles. The number of anilines is 2. The molecular weight excluding hydrogens is 266 g/mol. The summed E-state index contributed by atoms with van der Waals surface area (Å²) < 4.78 is 0. The molecule has 5 nitrogen and oxygen atoms in total. The van der Waals surface area contributed by atoms with Crippen LogP contribution in [0.5, 0.6) is 0 Å². The van der Waals surface area contributed by atoms with E-state index in [4.69, 9.17) is 5.73 Å². The third-order valence-electron chi connectivity index (χ3n) is 3.50. The molecule has 0 radical (unpaired) electrons. The Labute approximate surface area is 126 Å². The predicted molar refractivity (Wildman–Crippen MR) is 86.2 cm³/mol. The van der Waals surface area contributed by atoms with Crippen molar-refractivity contribution in [2.75, 3.05) is 17.2 Å². The summed E-state index contributed by atoms with van der Waals surface area (Å²) in [6, 6.07) is 5.44. The highest BCUT2D eigenvalue weighted by molar-refractivity contribution is 5.94. The van der Waals surface area contributed by atoms with Gasteiger partial charge < -0.3 is 16.4 Å². The lowest BCUT2D eigenvalue weighted by Gasteiger charge is -2.15. The molecule has 0 unspecified atom stereocenters. The van der Waals surface area contributed by atoms with Gasteiger partial charge in [0.05, 0.1) is 0 Å². The fourth-order valence-electron chi connectivity index (χ4n) is 2.13. The van der Waals surface area contributed by atoms with E-state index in [1.165, 1.54) is 0 Å². The van der Waals surface area contributed by atoms with Crippen molar-refractivity contribution in [2.24, 2.45) is 11.7 Å². The minimum atomic E-state index is -0.106. The Bertz CT molecular complexity index is 496. The van der Waals surface area contributed by atoms with Crippen molar-refractivity contribution in [1.82, 2.24) is 0 Å². The summed E-state index contributed by atoms with van der Waals surface area (Å²) in [5.41, 5.74) is 7.75. The Hall–Kier alpha value is -1.88. The number of nitrogens with one attached hydrogen (secondary N) is 2. The van der Waals surface area contributed by atoms with E-state index in [2.05, 4.69) is 10.6 Å². The molecule has 0 aliphatic heterocycles. The van der Waals surface area contributed by atoms with Crippen molar-refractivity contribution in [3.8, 4) is 0 Å². The zero-order chi connectivity index (χ0) is 15.8. The molecule has 0 saturated carbocycles. The van der Waals surface area contributed by atoms with Gasteiger partial charge in [-0.1, -0.05) is 13.8 Å². The van der Waals surface area contributed by atoms with Gasteiger partial charge in [0.15, 0.2) is 0 Å². The maximum absolute atomic E-state index is 12.1. The smallest absolute Gasteiger partial charge is 0.227 e. The summed E-state index contributed by atoms with van der Waals surface area (Å²) in [4.78, 5) is 23.6. The van der Waals surface area contributed by atoms with E-state index in [0.29, 0.717) is 18.7 Å². The van der Waals surface area contributed by atoms with Crippen LogP contribution in [-0.2, 0) is 9.59 Å². The molecule has 116 valence electrons. The first-order valence-electron chi connectivity index (χ1n) is 7.43. The second kappa shape index (κ2) is 8.42. The molecule has 1 aromatic rings. The highest BCUT2D eigenvalue weighted by Crippen LogP contribution is 2.21. The summed E-state index contributed by atoms with van der Waals surface area (Å²) in [5, 5.41) is 5.72. The molecule has 1 aromatic carbocycles. The minimum Gasteiger partial charge on any atom is -0.330 e. The van der Waals surface area contributed by atoms with E-state index in [0.717, 1.165) is 24.1 Å². The quantitative estimate of drug-likeness (QED) is 0.722. The highest BCUT2D eigenvalue weighted by Gasteiger charge is 2.15. The summed E-state index contributed by atoms with van der Waals surface area (Å²) >= 11 is 0. The lowest BCUT2D eigenvalue weighted by molar-refractivity contribution is -0.120. The fourth-order valence-corrected chi connectivity index (χ4v) is 2.13. The topological polar surface area (TPSA) is 84.2 Å². The second-order valence-electron chi connectivity index (χ2n) is 5.12. The molecule has 4 N–H and O–H groups in total. The first-order valence-corrected chi connectivity index (χ1v) is 7.43. The molecule has 0 aromatic heterocycles. The van der Waals surface area contributed by atoms with Crippen LogP contribution in [0.15, 0.2) is 18.2 Å². The van der Waals surface area contributed by atoms with Gasteiger partial charge >= 0.3 is 0 Å². The van der Waals surface area contributed by atoms with E-state index in [1.807, 2.05) is 32.9 Å². The molecule has 0 spiro atoms. The SMILES string of the molecule is CCC(CC)C(=O)Nc1ccc(NC(=O)CCN)cc1C. The molecule has 0 atom stereocenters. The van der Waals surface area contributed by atoms with E-state index >= 15 is 0 Å². The summed E-state index contributed by atoms with van der Waals surface area (Å²) in [7, 11) is 0. The first kappa shape index (κ1) is 17.2. The van der Waals surface area contributed by atoms with Crippen LogP contribution < -0.4 is 16.4 Å². The molecule has 0 bridgehead atoms. The maximum Gasteiger partial charge on any atom is 0.227 e. The summed E-state index contributed by atoms with van der Waals surface area (Å²) in [5.74, 6) is -0.0259. The van der Waals surface area contributed by atoms with Crippen LogP contribution >= 0.6 is 0 Å². The van der Waals surface area contributed by atoms with Crippen LogP contribution in [0, 0.1) is 12.8 Å². The van der Waals surface area contributed by atoms with Crippen molar-refractivity contribution in [1.29, 1.82) is 0 Å². The molecule has 0 fully saturated rings. The van der Waals surface area contributed by atoms with Crippen LogP contribution in [0.25, 0.3) is 0 Å². The lowest BCUT2D eigenvalue weighted by Crippen LogP contribution is -2.22. The van der Waals surface area contributed by atoms with Crippen LogP contribution in [0.2, 0.25) is 0 Å². The van der Waals surface area contributed by atoms with Crippen molar-refractivity contribution in [3.05, 3.63) is 23.8 Å². The molecule has 0 aliphatic rings. The van der Waals surface area contributed by atoms with Gasteiger partial charge in [-0.2, -0.15) is 0 Å². The van der Waals surface area contributed by atoms with Crippen molar-refractivity contribution in [2.45, 2.75) is 40.0 Å². The Kier molecular flexibility index (Phi) is 6.88. The predicted octanol–water partition coefficient (Wildman–Crippen LogP) is 2.66. The Morgan fingerprint density at radius 2 is 1.86 bits per heavy atom. The molecule has 2 amide bonds. The Balaban J connectivity index is 2.74. The van der Waals surface area contributed by atoms with E-state index in [1.54, 1.807) is 6.07 Å². The van der Waals surface area contributed by atoms with Crippen LogP contribution in [-0.4, -0.2) is 18.4 Å². The Morgan fingerprint density at radius 1 is 1.19 bits per heavy atom. The number of nitrogens with two attached hydrogens (primary N) is 1. The number of hydrogen-bond donors (Lipinski definition) is 3. The van der Waals surface area contributed by atoms with Crippen LogP contribution in [0.3, 0.4) is 0 Å². The van der Waals surface area contributed by atoms with Gasteiger partial charge in [-0.25, -0.2) is 0 Å². The normalized spacial score (nSPS) is 10.5.